The Balaban J connectivity index is 1.99. The third-order valence-electron chi connectivity index (χ3n) is 3.71. The normalized spacial score (nSPS) is 13.3. The van der Waals surface area contributed by atoms with Gasteiger partial charge in [0.15, 0.2) is 0 Å². The first-order valence-corrected chi connectivity index (χ1v) is 7.29. The summed E-state index contributed by atoms with van der Waals surface area (Å²) in [6.07, 6.45) is 7.61. The number of nitrogens with zero attached hydrogens (tertiary/aromatic N) is 4. The number of hydrogen-bond donors (Lipinski definition) is 1. The molecule has 2 rings (SSSR count). The lowest BCUT2D eigenvalue weighted by Gasteiger charge is -2.30. The highest BCUT2D eigenvalue weighted by atomic mass is 16.5. The Morgan fingerprint density at radius 3 is 2.67 bits per heavy atom. The lowest BCUT2D eigenvalue weighted by atomic mass is 9.76. The first kappa shape index (κ1) is 15.6. The van der Waals surface area contributed by atoms with Gasteiger partial charge in [-0.05, 0) is 30.7 Å². The molecule has 0 aliphatic carbocycles. The van der Waals surface area contributed by atoms with Crippen LogP contribution in [0.2, 0.25) is 0 Å². The van der Waals surface area contributed by atoms with E-state index in [0.717, 1.165) is 19.3 Å². The molecule has 2 heterocycles. The van der Waals surface area contributed by atoms with Crippen molar-refractivity contribution in [2.24, 2.45) is 17.1 Å². The third-order valence-corrected chi connectivity index (χ3v) is 3.71. The Bertz CT molecular complexity index is 547. The molecule has 0 aliphatic rings. The predicted octanol–water partition coefficient (Wildman–Crippen LogP) is 2.47. The highest BCUT2D eigenvalue weighted by Crippen LogP contribution is 2.32. The number of nitrogens with two attached hydrogens (primary N) is 1. The zero-order valence-corrected chi connectivity index (χ0v) is 12.9. The van der Waals surface area contributed by atoms with Crippen molar-refractivity contribution in [3.05, 3.63) is 24.5 Å². The van der Waals surface area contributed by atoms with Crippen LogP contribution in [-0.4, -0.2) is 26.7 Å². The molecule has 0 saturated carbocycles. The van der Waals surface area contributed by atoms with Gasteiger partial charge in [0, 0.05) is 18.8 Å². The minimum atomic E-state index is 0.229. The average molecular weight is 289 g/mol. The first-order chi connectivity index (χ1) is 10.0. The molecule has 0 aliphatic heterocycles. The van der Waals surface area contributed by atoms with Gasteiger partial charge >= 0.3 is 0 Å². The maximum absolute atomic E-state index is 5.71. The Morgan fingerprint density at radius 2 is 2.05 bits per heavy atom. The topological polar surface area (TPSA) is 90.7 Å². The molecule has 0 amide bonds. The molecule has 0 aromatic carbocycles. The molecule has 0 fully saturated rings. The van der Waals surface area contributed by atoms with Crippen LogP contribution in [0.1, 0.15) is 39.5 Å². The fourth-order valence-corrected chi connectivity index (χ4v) is 2.38. The molecule has 2 aromatic rings. The molecule has 0 saturated heterocycles. The zero-order valence-electron chi connectivity index (χ0n) is 12.9. The SMILES string of the molecule is CC(C)(C)C(CCN)CCc1nc(-c2cnccn2)no1. The molecule has 2 aromatic heterocycles. The van der Waals surface area contributed by atoms with Crippen molar-refractivity contribution < 1.29 is 4.52 Å². The van der Waals surface area contributed by atoms with Gasteiger partial charge < -0.3 is 10.3 Å². The molecule has 21 heavy (non-hydrogen) atoms. The van der Waals surface area contributed by atoms with Crippen LogP contribution in [0.5, 0.6) is 0 Å². The second-order valence-corrected chi connectivity index (χ2v) is 6.28. The summed E-state index contributed by atoms with van der Waals surface area (Å²) in [6, 6.07) is 0. The molecule has 0 bridgehead atoms. The summed E-state index contributed by atoms with van der Waals surface area (Å²) in [7, 11) is 0. The highest BCUT2D eigenvalue weighted by molar-refractivity contribution is 5.45. The predicted molar refractivity (Wildman–Crippen MR) is 80.3 cm³/mol. The molecule has 0 spiro atoms. The molecule has 2 N–H and O–H groups in total. The van der Waals surface area contributed by atoms with E-state index in [1.54, 1.807) is 18.6 Å². The van der Waals surface area contributed by atoms with E-state index >= 15 is 0 Å². The monoisotopic (exact) mass is 289 g/mol. The van der Waals surface area contributed by atoms with Crippen molar-refractivity contribution in [2.45, 2.75) is 40.0 Å². The van der Waals surface area contributed by atoms with E-state index in [0.29, 0.717) is 29.9 Å². The summed E-state index contributed by atoms with van der Waals surface area (Å²) in [4.78, 5) is 12.5. The lowest BCUT2D eigenvalue weighted by Crippen LogP contribution is -2.24. The van der Waals surface area contributed by atoms with Crippen molar-refractivity contribution in [1.82, 2.24) is 20.1 Å². The van der Waals surface area contributed by atoms with Gasteiger partial charge in [0.1, 0.15) is 5.69 Å². The number of aromatic nitrogens is 4. The molecular formula is C15H23N5O. The van der Waals surface area contributed by atoms with Crippen LogP contribution < -0.4 is 5.73 Å². The number of hydrogen-bond acceptors (Lipinski definition) is 6. The van der Waals surface area contributed by atoms with Gasteiger partial charge in [0.25, 0.3) is 0 Å². The summed E-state index contributed by atoms with van der Waals surface area (Å²) < 4.78 is 5.30. The lowest BCUT2D eigenvalue weighted by molar-refractivity contribution is 0.208. The molecule has 1 unspecified atom stereocenters. The minimum Gasteiger partial charge on any atom is -0.339 e. The molecule has 6 heteroatoms. The average Bonchev–Trinajstić information content (AvgIpc) is 2.92. The molecule has 0 radical (unpaired) electrons. The quantitative estimate of drug-likeness (QED) is 0.878. The minimum absolute atomic E-state index is 0.229. The molecular weight excluding hydrogens is 266 g/mol. The maximum atomic E-state index is 5.71. The van der Waals surface area contributed by atoms with Crippen LogP contribution >= 0.6 is 0 Å². The summed E-state index contributed by atoms with van der Waals surface area (Å²) in [5.41, 5.74) is 6.56. The Hall–Kier alpha value is -1.82. The van der Waals surface area contributed by atoms with Crippen molar-refractivity contribution in [3.63, 3.8) is 0 Å². The van der Waals surface area contributed by atoms with E-state index in [2.05, 4.69) is 40.9 Å². The summed E-state index contributed by atoms with van der Waals surface area (Å²) in [6.45, 7) is 7.43. The van der Waals surface area contributed by atoms with Crippen LogP contribution in [0.3, 0.4) is 0 Å². The van der Waals surface area contributed by atoms with E-state index in [1.807, 2.05) is 0 Å². The van der Waals surface area contributed by atoms with Crippen molar-refractivity contribution in [2.75, 3.05) is 6.54 Å². The fraction of sp³-hybridized carbons (Fsp3) is 0.600. The second-order valence-electron chi connectivity index (χ2n) is 6.28. The van der Waals surface area contributed by atoms with Crippen LogP contribution in [0, 0.1) is 11.3 Å². The maximum Gasteiger partial charge on any atom is 0.227 e. The second kappa shape index (κ2) is 6.76. The van der Waals surface area contributed by atoms with Crippen LogP contribution in [0.4, 0.5) is 0 Å². The first-order valence-electron chi connectivity index (χ1n) is 7.29. The van der Waals surface area contributed by atoms with Crippen molar-refractivity contribution >= 4 is 0 Å². The van der Waals surface area contributed by atoms with E-state index in [4.69, 9.17) is 10.3 Å². The van der Waals surface area contributed by atoms with Gasteiger partial charge in [-0.15, -0.1) is 0 Å². The largest absolute Gasteiger partial charge is 0.339 e. The standard InChI is InChI=1S/C15H23N5O/c1-15(2,3)11(6-7-16)4-5-13-19-14(20-21-13)12-10-17-8-9-18-12/h8-11H,4-7,16H2,1-3H3. The van der Waals surface area contributed by atoms with Crippen molar-refractivity contribution in [1.29, 1.82) is 0 Å². The smallest absolute Gasteiger partial charge is 0.227 e. The Kier molecular flexibility index (Phi) is 5.01. The van der Waals surface area contributed by atoms with Gasteiger partial charge in [-0.2, -0.15) is 4.98 Å². The van der Waals surface area contributed by atoms with Crippen LogP contribution in [0.15, 0.2) is 23.1 Å². The van der Waals surface area contributed by atoms with E-state index in [1.165, 1.54) is 0 Å². The van der Waals surface area contributed by atoms with E-state index < -0.39 is 0 Å². The highest BCUT2D eigenvalue weighted by Gasteiger charge is 2.24. The molecule has 6 nitrogen and oxygen atoms in total. The Labute approximate surface area is 125 Å². The summed E-state index contributed by atoms with van der Waals surface area (Å²) in [5, 5.41) is 3.96. The summed E-state index contributed by atoms with van der Waals surface area (Å²) >= 11 is 0. The van der Waals surface area contributed by atoms with Gasteiger partial charge in [0.2, 0.25) is 11.7 Å². The van der Waals surface area contributed by atoms with Gasteiger partial charge in [0.05, 0.1) is 6.20 Å². The Morgan fingerprint density at radius 1 is 1.24 bits per heavy atom. The van der Waals surface area contributed by atoms with Gasteiger partial charge in [-0.3, -0.25) is 4.98 Å². The van der Waals surface area contributed by atoms with Crippen molar-refractivity contribution in [3.8, 4) is 11.5 Å². The van der Waals surface area contributed by atoms with Gasteiger partial charge in [-0.1, -0.05) is 25.9 Å². The van der Waals surface area contributed by atoms with Crippen LogP contribution in [0.25, 0.3) is 11.5 Å². The van der Waals surface area contributed by atoms with Crippen LogP contribution in [-0.2, 0) is 6.42 Å². The third kappa shape index (κ3) is 4.32. The number of aryl methyl sites for hydroxylation is 1. The molecule has 114 valence electrons. The fourth-order valence-electron chi connectivity index (χ4n) is 2.38. The van der Waals surface area contributed by atoms with E-state index in [9.17, 15) is 0 Å². The summed E-state index contributed by atoms with van der Waals surface area (Å²) in [5.74, 6) is 1.67. The van der Waals surface area contributed by atoms with E-state index in [-0.39, 0.29) is 5.41 Å². The molecule has 1 atom stereocenters. The zero-order chi connectivity index (χ0) is 15.3. The van der Waals surface area contributed by atoms with Gasteiger partial charge in [-0.25, -0.2) is 4.98 Å². The number of rotatable bonds is 6.